The van der Waals surface area contributed by atoms with E-state index in [-0.39, 0.29) is 5.97 Å². The standard InChI is InChI=1S/C14H28.C5H8O2/c1-3-5-7-9-11-13-14-12-10-8-6-4-2;1-3-4-7-5(2)6/h3H,1,4-14H2,2H3;3H,1,4H2,2H3. The Kier molecular flexibility index (Phi) is 22.5. The average molecular weight is 296 g/mol. The van der Waals surface area contributed by atoms with Crippen LogP contribution in [0.1, 0.15) is 84.5 Å². The molecule has 0 amide bonds. The first-order valence-electron chi connectivity index (χ1n) is 8.54. The van der Waals surface area contributed by atoms with Gasteiger partial charge in [-0.3, -0.25) is 4.79 Å². The summed E-state index contributed by atoms with van der Waals surface area (Å²) in [5.74, 6) is -0.264. The summed E-state index contributed by atoms with van der Waals surface area (Å²) in [6, 6.07) is 0. The van der Waals surface area contributed by atoms with Gasteiger partial charge in [-0.1, -0.05) is 83.4 Å². The third kappa shape index (κ3) is 28.0. The number of esters is 1. The zero-order chi connectivity index (χ0) is 16.2. The molecule has 0 aliphatic carbocycles. The first-order valence-corrected chi connectivity index (χ1v) is 8.54. The SMILES string of the molecule is C=CCCCCCCCCCCCC.C=CCOC(C)=O. The van der Waals surface area contributed by atoms with E-state index >= 15 is 0 Å². The molecule has 0 saturated carbocycles. The van der Waals surface area contributed by atoms with Crippen molar-refractivity contribution in [3.8, 4) is 0 Å². The van der Waals surface area contributed by atoms with Crippen LogP contribution in [0.15, 0.2) is 25.3 Å². The largest absolute Gasteiger partial charge is 0.462 e. The van der Waals surface area contributed by atoms with E-state index in [2.05, 4.69) is 24.8 Å². The summed E-state index contributed by atoms with van der Waals surface area (Å²) in [5, 5.41) is 0. The Morgan fingerprint density at radius 2 is 1.33 bits per heavy atom. The highest BCUT2D eigenvalue weighted by atomic mass is 16.5. The molecule has 0 saturated heterocycles. The molecule has 2 heteroatoms. The number of allylic oxidation sites excluding steroid dienone is 1. The molecule has 0 rings (SSSR count). The summed E-state index contributed by atoms with van der Waals surface area (Å²) in [7, 11) is 0. The lowest BCUT2D eigenvalue weighted by molar-refractivity contribution is -0.139. The third-order valence-electron chi connectivity index (χ3n) is 3.17. The van der Waals surface area contributed by atoms with Crippen molar-refractivity contribution in [3.05, 3.63) is 25.3 Å². The van der Waals surface area contributed by atoms with Gasteiger partial charge in [0.05, 0.1) is 0 Å². The van der Waals surface area contributed by atoms with Crippen LogP contribution in [0.5, 0.6) is 0 Å². The van der Waals surface area contributed by atoms with E-state index in [0.717, 1.165) is 0 Å². The van der Waals surface area contributed by atoms with Crippen molar-refractivity contribution >= 4 is 5.97 Å². The summed E-state index contributed by atoms with van der Waals surface area (Å²) >= 11 is 0. The number of hydrogen-bond acceptors (Lipinski definition) is 2. The molecule has 0 aromatic heterocycles. The zero-order valence-corrected chi connectivity index (χ0v) is 14.4. The van der Waals surface area contributed by atoms with Crippen molar-refractivity contribution in [2.24, 2.45) is 0 Å². The van der Waals surface area contributed by atoms with Gasteiger partial charge in [-0.15, -0.1) is 6.58 Å². The van der Waals surface area contributed by atoms with Crippen LogP contribution in [0.3, 0.4) is 0 Å². The molecule has 0 fully saturated rings. The molecule has 0 unspecified atom stereocenters. The molecule has 2 nitrogen and oxygen atoms in total. The molecule has 0 aromatic carbocycles. The number of rotatable bonds is 13. The molecular weight excluding hydrogens is 260 g/mol. The minimum atomic E-state index is -0.264. The molecule has 0 aliphatic rings. The number of unbranched alkanes of at least 4 members (excludes halogenated alkanes) is 10. The predicted octanol–water partition coefficient (Wildman–Crippen LogP) is 6.22. The van der Waals surface area contributed by atoms with Gasteiger partial charge >= 0.3 is 5.97 Å². The van der Waals surface area contributed by atoms with Gasteiger partial charge < -0.3 is 4.74 Å². The van der Waals surface area contributed by atoms with Gasteiger partial charge in [0.2, 0.25) is 0 Å². The lowest BCUT2D eigenvalue weighted by Gasteiger charge is -2.00. The molecule has 124 valence electrons. The van der Waals surface area contributed by atoms with Crippen molar-refractivity contribution in [3.63, 3.8) is 0 Å². The van der Waals surface area contributed by atoms with Gasteiger partial charge in [0.15, 0.2) is 0 Å². The second kappa shape index (κ2) is 21.3. The maximum atomic E-state index is 9.93. The topological polar surface area (TPSA) is 26.3 Å². The zero-order valence-electron chi connectivity index (χ0n) is 14.4. The van der Waals surface area contributed by atoms with Gasteiger partial charge in [-0.25, -0.2) is 0 Å². The van der Waals surface area contributed by atoms with Crippen LogP contribution in [0, 0.1) is 0 Å². The molecule has 0 aliphatic heterocycles. The van der Waals surface area contributed by atoms with Gasteiger partial charge in [-0.05, 0) is 12.8 Å². The van der Waals surface area contributed by atoms with Crippen molar-refractivity contribution in [1.82, 2.24) is 0 Å². The summed E-state index contributed by atoms with van der Waals surface area (Å²) in [6.45, 7) is 11.0. The highest BCUT2D eigenvalue weighted by Crippen LogP contribution is 2.11. The lowest BCUT2D eigenvalue weighted by atomic mass is 10.1. The second-order valence-electron chi connectivity index (χ2n) is 5.35. The maximum absolute atomic E-state index is 9.93. The van der Waals surface area contributed by atoms with Gasteiger partial charge in [0.25, 0.3) is 0 Å². The Morgan fingerprint density at radius 1 is 0.857 bits per heavy atom. The fraction of sp³-hybridized carbons (Fsp3) is 0.737. The first kappa shape index (κ1) is 22.2. The summed E-state index contributed by atoms with van der Waals surface area (Å²) in [4.78, 5) is 9.93. The van der Waals surface area contributed by atoms with Gasteiger partial charge in [-0.2, -0.15) is 0 Å². The van der Waals surface area contributed by atoms with Crippen LogP contribution < -0.4 is 0 Å². The van der Waals surface area contributed by atoms with Crippen molar-refractivity contribution in [1.29, 1.82) is 0 Å². The Balaban J connectivity index is 0. The summed E-state index contributed by atoms with van der Waals surface area (Å²) < 4.78 is 4.43. The fourth-order valence-corrected chi connectivity index (χ4v) is 1.95. The van der Waals surface area contributed by atoms with E-state index in [1.807, 2.05) is 6.08 Å². The van der Waals surface area contributed by atoms with Crippen LogP contribution in [-0.2, 0) is 9.53 Å². The predicted molar refractivity (Wildman–Crippen MR) is 93.5 cm³/mol. The van der Waals surface area contributed by atoms with Crippen LogP contribution in [0.4, 0.5) is 0 Å². The average Bonchev–Trinajstić information content (AvgIpc) is 2.48. The Hall–Kier alpha value is -1.05. The van der Waals surface area contributed by atoms with E-state index in [4.69, 9.17) is 0 Å². The lowest BCUT2D eigenvalue weighted by Crippen LogP contribution is -1.96. The molecule has 0 heterocycles. The fourth-order valence-electron chi connectivity index (χ4n) is 1.95. The molecule has 0 radical (unpaired) electrons. The molecular formula is C19H36O2. The van der Waals surface area contributed by atoms with Gasteiger partial charge in [0.1, 0.15) is 6.61 Å². The van der Waals surface area contributed by atoms with Crippen molar-refractivity contribution in [2.75, 3.05) is 6.61 Å². The summed E-state index contributed by atoms with van der Waals surface area (Å²) in [5.41, 5.74) is 0. The van der Waals surface area contributed by atoms with E-state index in [1.165, 1.54) is 83.6 Å². The Bertz CT molecular complexity index is 234. The van der Waals surface area contributed by atoms with Crippen LogP contribution >= 0.6 is 0 Å². The number of hydrogen-bond donors (Lipinski definition) is 0. The maximum Gasteiger partial charge on any atom is 0.302 e. The van der Waals surface area contributed by atoms with Crippen molar-refractivity contribution in [2.45, 2.75) is 84.5 Å². The normalized spacial score (nSPS) is 9.43. The third-order valence-corrected chi connectivity index (χ3v) is 3.17. The molecule has 0 aromatic rings. The molecule has 0 atom stereocenters. The first-order chi connectivity index (χ1) is 10.2. The minimum absolute atomic E-state index is 0.264. The highest BCUT2D eigenvalue weighted by Gasteiger charge is 1.91. The van der Waals surface area contributed by atoms with E-state index in [9.17, 15) is 4.79 Å². The monoisotopic (exact) mass is 296 g/mol. The molecule has 0 N–H and O–H groups in total. The number of carbonyl (C=O) groups is 1. The minimum Gasteiger partial charge on any atom is -0.462 e. The van der Waals surface area contributed by atoms with Crippen LogP contribution in [0.25, 0.3) is 0 Å². The highest BCUT2D eigenvalue weighted by molar-refractivity contribution is 5.65. The summed E-state index contributed by atoms with van der Waals surface area (Å²) in [6.07, 6.45) is 19.0. The molecule has 0 bridgehead atoms. The number of carbonyl (C=O) groups excluding carboxylic acids is 1. The van der Waals surface area contributed by atoms with Crippen molar-refractivity contribution < 1.29 is 9.53 Å². The Morgan fingerprint density at radius 3 is 1.67 bits per heavy atom. The van der Waals surface area contributed by atoms with E-state index in [1.54, 1.807) is 0 Å². The van der Waals surface area contributed by atoms with E-state index in [0.29, 0.717) is 6.61 Å². The quantitative estimate of drug-likeness (QED) is 0.229. The molecule has 21 heavy (non-hydrogen) atoms. The number of ether oxygens (including phenoxy) is 1. The second-order valence-corrected chi connectivity index (χ2v) is 5.35. The molecule has 0 spiro atoms. The van der Waals surface area contributed by atoms with Crippen LogP contribution in [-0.4, -0.2) is 12.6 Å². The Labute approximate surface area is 132 Å². The van der Waals surface area contributed by atoms with Gasteiger partial charge in [0, 0.05) is 6.92 Å². The van der Waals surface area contributed by atoms with E-state index < -0.39 is 0 Å². The van der Waals surface area contributed by atoms with Crippen LogP contribution in [0.2, 0.25) is 0 Å². The smallest absolute Gasteiger partial charge is 0.302 e.